The first kappa shape index (κ1) is 23.4. The number of hydrogen-bond donors (Lipinski definition) is 3. The molecule has 4 aromatic rings. The third-order valence-corrected chi connectivity index (χ3v) is 5.77. The van der Waals surface area contributed by atoms with Crippen molar-refractivity contribution >= 4 is 17.4 Å². The summed E-state index contributed by atoms with van der Waals surface area (Å²) in [6.07, 6.45) is 5.54. The number of hydrogen-bond acceptors (Lipinski definition) is 6. The summed E-state index contributed by atoms with van der Waals surface area (Å²) in [7, 11) is 0. The van der Waals surface area contributed by atoms with Crippen molar-refractivity contribution in [1.82, 2.24) is 20.3 Å². The summed E-state index contributed by atoms with van der Waals surface area (Å²) in [6, 6.07) is 17.8. The average molecular weight is 485 g/mol. The number of pyridine rings is 1. The fourth-order valence-corrected chi connectivity index (χ4v) is 4.06. The molecule has 3 heterocycles. The molecule has 2 aromatic heterocycles. The number of urea groups is 1. The number of benzene rings is 2. The summed E-state index contributed by atoms with van der Waals surface area (Å²) in [5.74, 6) is 1.33. The van der Waals surface area contributed by atoms with Crippen LogP contribution in [-0.2, 0) is 0 Å². The van der Waals surface area contributed by atoms with Crippen LogP contribution in [0.1, 0.15) is 24.5 Å². The van der Waals surface area contributed by atoms with Crippen molar-refractivity contribution < 1.29 is 13.9 Å². The minimum atomic E-state index is -0.494. The summed E-state index contributed by atoms with van der Waals surface area (Å²) < 4.78 is 19.5. The van der Waals surface area contributed by atoms with E-state index in [1.54, 1.807) is 42.7 Å². The van der Waals surface area contributed by atoms with E-state index in [9.17, 15) is 9.18 Å². The lowest BCUT2D eigenvalue weighted by Crippen LogP contribution is -2.29. The maximum Gasteiger partial charge on any atom is 0.323 e. The van der Waals surface area contributed by atoms with Gasteiger partial charge in [0, 0.05) is 53.9 Å². The lowest BCUT2D eigenvalue weighted by atomic mass is 9.96. The SMILES string of the molecule is O=C(Nc1cccc(F)c1)Nc1cccc(Oc2cc([C@H]3CCCNC3)nc(-c3ccncc3)n2)c1. The van der Waals surface area contributed by atoms with E-state index in [4.69, 9.17) is 9.72 Å². The molecule has 1 aliphatic rings. The number of piperidine rings is 1. The van der Waals surface area contributed by atoms with Crippen molar-refractivity contribution in [3.05, 3.63) is 90.6 Å². The van der Waals surface area contributed by atoms with E-state index in [0.717, 1.165) is 37.2 Å². The second kappa shape index (κ2) is 10.9. The molecule has 0 spiro atoms. The highest BCUT2D eigenvalue weighted by atomic mass is 19.1. The molecule has 3 N–H and O–H groups in total. The van der Waals surface area contributed by atoms with Gasteiger partial charge in [0.1, 0.15) is 11.6 Å². The van der Waals surface area contributed by atoms with E-state index in [1.807, 2.05) is 18.2 Å². The number of carbonyl (C=O) groups is 1. The fourth-order valence-electron chi connectivity index (χ4n) is 4.06. The van der Waals surface area contributed by atoms with Crippen LogP contribution in [0.25, 0.3) is 11.4 Å². The number of ether oxygens (including phenoxy) is 1. The lowest BCUT2D eigenvalue weighted by Gasteiger charge is -2.23. The second-order valence-electron chi connectivity index (χ2n) is 8.45. The number of rotatable bonds is 6. The molecule has 182 valence electrons. The Hall–Kier alpha value is -4.37. The lowest BCUT2D eigenvalue weighted by molar-refractivity contribution is 0.262. The van der Waals surface area contributed by atoms with Crippen molar-refractivity contribution in [3.63, 3.8) is 0 Å². The standard InChI is InChI=1S/C27H25FN6O2/c28-20-5-1-6-21(14-20)31-27(35)32-22-7-2-8-23(15-22)36-25-16-24(19-4-3-11-30-17-19)33-26(34-25)18-9-12-29-13-10-18/h1-2,5-10,12-16,19,30H,3-4,11,17H2,(H2,31,32,35)/t19-/m0/s1. The molecule has 8 nitrogen and oxygen atoms in total. The zero-order valence-corrected chi connectivity index (χ0v) is 19.4. The van der Waals surface area contributed by atoms with Gasteiger partial charge in [0.15, 0.2) is 5.82 Å². The van der Waals surface area contributed by atoms with E-state index in [0.29, 0.717) is 28.8 Å². The summed E-state index contributed by atoms with van der Waals surface area (Å²) in [5, 5.41) is 8.77. The Morgan fingerprint density at radius 1 is 0.972 bits per heavy atom. The van der Waals surface area contributed by atoms with Crippen LogP contribution >= 0.6 is 0 Å². The molecule has 0 bridgehead atoms. The zero-order valence-electron chi connectivity index (χ0n) is 19.4. The van der Waals surface area contributed by atoms with Gasteiger partial charge in [-0.15, -0.1) is 0 Å². The van der Waals surface area contributed by atoms with Crippen LogP contribution in [0.2, 0.25) is 0 Å². The van der Waals surface area contributed by atoms with Crippen LogP contribution in [0.15, 0.2) is 79.1 Å². The van der Waals surface area contributed by atoms with Gasteiger partial charge >= 0.3 is 6.03 Å². The first-order valence-corrected chi connectivity index (χ1v) is 11.7. The Morgan fingerprint density at radius 3 is 2.50 bits per heavy atom. The highest BCUT2D eigenvalue weighted by molar-refractivity contribution is 5.99. The highest BCUT2D eigenvalue weighted by Crippen LogP contribution is 2.30. The normalized spacial score (nSPS) is 15.2. The van der Waals surface area contributed by atoms with Crippen molar-refractivity contribution in [2.75, 3.05) is 23.7 Å². The molecule has 1 fully saturated rings. The van der Waals surface area contributed by atoms with Gasteiger partial charge in [-0.05, 0) is 61.9 Å². The maximum absolute atomic E-state index is 13.4. The molecule has 5 rings (SSSR count). The summed E-state index contributed by atoms with van der Waals surface area (Å²) in [5.41, 5.74) is 2.64. The van der Waals surface area contributed by atoms with Gasteiger partial charge in [-0.2, -0.15) is 4.98 Å². The number of nitrogens with zero attached hydrogens (tertiary/aromatic N) is 3. The molecule has 0 aliphatic carbocycles. The Kier molecular flexibility index (Phi) is 7.09. The first-order valence-electron chi connectivity index (χ1n) is 11.7. The average Bonchev–Trinajstić information content (AvgIpc) is 2.90. The zero-order chi connectivity index (χ0) is 24.7. The second-order valence-corrected chi connectivity index (χ2v) is 8.45. The molecule has 2 aromatic carbocycles. The number of carbonyl (C=O) groups excluding carboxylic acids is 1. The molecule has 9 heteroatoms. The largest absolute Gasteiger partial charge is 0.439 e. The number of anilines is 2. The maximum atomic E-state index is 13.4. The number of amides is 2. The van der Waals surface area contributed by atoms with Gasteiger partial charge in [-0.3, -0.25) is 4.98 Å². The van der Waals surface area contributed by atoms with E-state index in [1.165, 1.54) is 18.2 Å². The fraction of sp³-hybridized carbons (Fsp3) is 0.185. The molecule has 1 atom stereocenters. The van der Waals surface area contributed by atoms with Crippen LogP contribution in [0.4, 0.5) is 20.6 Å². The quantitative estimate of drug-likeness (QED) is 0.330. The van der Waals surface area contributed by atoms with Crippen molar-refractivity contribution in [1.29, 1.82) is 0 Å². The molecular weight excluding hydrogens is 459 g/mol. The minimum Gasteiger partial charge on any atom is -0.439 e. The van der Waals surface area contributed by atoms with Gasteiger partial charge in [-0.25, -0.2) is 14.2 Å². The number of aromatic nitrogens is 3. The predicted octanol–water partition coefficient (Wildman–Crippen LogP) is 5.58. The Morgan fingerprint density at radius 2 is 1.75 bits per heavy atom. The van der Waals surface area contributed by atoms with Crippen molar-refractivity contribution in [2.45, 2.75) is 18.8 Å². The Bertz CT molecular complexity index is 1350. The van der Waals surface area contributed by atoms with Gasteiger partial charge in [0.25, 0.3) is 0 Å². The summed E-state index contributed by atoms with van der Waals surface area (Å²) in [6.45, 7) is 1.86. The van der Waals surface area contributed by atoms with Crippen molar-refractivity contribution in [2.24, 2.45) is 0 Å². The van der Waals surface area contributed by atoms with Gasteiger partial charge in [0.2, 0.25) is 5.88 Å². The minimum absolute atomic E-state index is 0.268. The monoisotopic (exact) mass is 484 g/mol. The summed E-state index contributed by atoms with van der Waals surface area (Å²) >= 11 is 0. The van der Waals surface area contributed by atoms with Crippen LogP contribution in [0.5, 0.6) is 11.6 Å². The van der Waals surface area contributed by atoms with Crippen LogP contribution in [-0.4, -0.2) is 34.1 Å². The summed E-state index contributed by atoms with van der Waals surface area (Å²) in [4.78, 5) is 25.9. The molecule has 1 saturated heterocycles. The smallest absolute Gasteiger partial charge is 0.323 e. The molecule has 2 amide bonds. The number of nitrogens with one attached hydrogen (secondary N) is 3. The van der Waals surface area contributed by atoms with E-state index < -0.39 is 11.8 Å². The van der Waals surface area contributed by atoms with Gasteiger partial charge in [0.05, 0.1) is 5.69 Å². The van der Waals surface area contributed by atoms with E-state index >= 15 is 0 Å². The Labute approximate surface area is 208 Å². The molecule has 36 heavy (non-hydrogen) atoms. The Balaban J connectivity index is 1.35. The van der Waals surface area contributed by atoms with Gasteiger partial charge < -0.3 is 20.7 Å². The number of halogens is 1. The molecule has 1 aliphatic heterocycles. The van der Waals surface area contributed by atoms with Gasteiger partial charge in [-0.1, -0.05) is 12.1 Å². The third-order valence-electron chi connectivity index (χ3n) is 5.77. The molecule has 0 saturated carbocycles. The predicted molar refractivity (Wildman–Crippen MR) is 136 cm³/mol. The third kappa shape index (κ3) is 6.00. The first-order chi connectivity index (χ1) is 17.6. The van der Waals surface area contributed by atoms with Crippen LogP contribution < -0.4 is 20.7 Å². The van der Waals surface area contributed by atoms with E-state index in [2.05, 4.69) is 25.9 Å². The van der Waals surface area contributed by atoms with E-state index in [-0.39, 0.29) is 5.92 Å². The molecular formula is C27H25FN6O2. The van der Waals surface area contributed by atoms with Crippen LogP contribution in [0, 0.1) is 5.82 Å². The van der Waals surface area contributed by atoms with Crippen LogP contribution in [0.3, 0.4) is 0 Å². The van der Waals surface area contributed by atoms with Crippen molar-refractivity contribution in [3.8, 4) is 23.0 Å². The topological polar surface area (TPSA) is 101 Å². The molecule has 0 radical (unpaired) electrons. The highest BCUT2D eigenvalue weighted by Gasteiger charge is 2.19. The molecule has 0 unspecified atom stereocenters.